The minimum atomic E-state index is -0.00638. The van der Waals surface area contributed by atoms with E-state index < -0.39 is 0 Å². The van der Waals surface area contributed by atoms with Crippen molar-refractivity contribution in [2.45, 2.75) is 63.5 Å². The van der Waals surface area contributed by atoms with Gasteiger partial charge in [-0.2, -0.15) is 0 Å². The molecule has 24 heavy (non-hydrogen) atoms. The maximum absolute atomic E-state index is 12.0. The quantitative estimate of drug-likeness (QED) is 0.655. The molecule has 0 saturated heterocycles. The summed E-state index contributed by atoms with van der Waals surface area (Å²) in [6, 6.07) is 0.347. The van der Waals surface area contributed by atoms with Crippen LogP contribution in [0.5, 0.6) is 0 Å². The van der Waals surface area contributed by atoms with Crippen molar-refractivity contribution in [1.29, 1.82) is 0 Å². The van der Waals surface area contributed by atoms with Crippen molar-refractivity contribution in [3.05, 3.63) is 11.6 Å². The van der Waals surface area contributed by atoms with E-state index in [2.05, 4.69) is 25.4 Å². The molecule has 0 bridgehead atoms. The number of nitrogens with zero attached hydrogens (tertiary/aromatic N) is 3. The number of carbonyl (C=O) groups excluding carboxylic acids is 1. The average Bonchev–Trinajstić information content (AvgIpc) is 3.36. The number of aliphatic hydroxyl groups excluding tert-OH is 1. The van der Waals surface area contributed by atoms with Gasteiger partial charge in [0.25, 0.3) is 0 Å². The van der Waals surface area contributed by atoms with Crippen molar-refractivity contribution < 1.29 is 9.90 Å². The predicted molar refractivity (Wildman–Crippen MR) is 90.3 cm³/mol. The lowest BCUT2D eigenvalue weighted by molar-refractivity contribution is -0.122. The first-order chi connectivity index (χ1) is 11.7. The van der Waals surface area contributed by atoms with Crippen LogP contribution in [0.3, 0.4) is 0 Å². The van der Waals surface area contributed by atoms with Gasteiger partial charge < -0.3 is 20.3 Å². The number of carbonyl (C=O) groups is 1. The van der Waals surface area contributed by atoms with Gasteiger partial charge in [0, 0.05) is 32.0 Å². The van der Waals surface area contributed by atoms with Crippen molar-refractivity contribution in [2.24, 2.45) is 13.0 Å². The van der Waals surface area contributed by atoms with Crippen LogP contribution in [-0.4, -0.2) is 45.0 Å². The molecule has 2 aliphatic rings. The summed E-state index contributed by atoms with van der Waals surface area (Å²) in [6.45, 7) is 1.04. The molecule has 3 rings (SSSR count). The van der Waals surface area contributed by atoms with Crippen LogP contribution in [-0.2, 0) is 18.4 Å². The highest BCUT2D eigenvalue weighted by Crippen LogP contribution is 2.38. The fourth-order valence-electron chi connectivity index (χ4n) is 3.68. The van der Waals surface area contributed by atoms with E-state index in [9.17, 15) is 4.79 Å². The molecule has 2 atom stereocenters. The number of aliphatic hydroxyl groups is 1. The fraction of sp³-hybridized carbons (Fsp3) is 0.824. The van der Waals surface area contributed by atoms with Crippen LogP contribution in [0.25, 0.3) is 0 Å². The summed E-state index contributed by atoms with van der Waals surface area (Å²) >= 11 is 0. The average molecular weight is 335 g/mol. The Morgan fingerprint density at radius 1 is 1.25 bits per heavy atom. The smallest absolute Gasteiger partial charge is 0.220 e. The third-order valence-corrected chi connectivity index (χ3v) is 5.25. The Labute approximate surface area is 143 Å². The zero-order chi connectivity index (χ0) is 16.9. The molecule has 1 heterocycles. The molecule has 1 aromatic rings. The SMILES string of the molecule is Cn1c(CN[C@H]2CCCC[C@H]2CC(=O)NCCO)nnc1C1CC1. The predicted octanol–water partition coefficient (Wildman–Crippen LogP) is 0.840. The summed E-state index contributed by atoms with van der Waals surface area (Å²) in [5, 5.41) is 23.8. The Balaban J connectivity index is 1.52. The van der Waals surface area contributed by atoms with E-state index in [-0.39, 0.29) is 12.5 Å². The molecule has 0 aromatic carbocycles. The van der Waals surface area contributed by atoms with Gasteiger partial charge >= 0.3 is 0 Å². The second kappa shape index (κ2) is 8.07. The second-order valence-corrected chi connectivity index (χ2v) is 7.12. The van der Waals surface area contributed by atoms with Gasteiger partial charge in [0.15, 0.2) is 0 Å². The van der Waals surface area contributed by atoms with Gasteiger partial charge in [-0.3, -0.25) is 4.79 Å². The standard InChI is InChI=1S/C17H29N5O2/c1-22-15(20-21-17(22)12-6-7-12)11-19-14-5-3-2-4-13(14)10-16(24)18-8-9-23/h12-14,19,23H,2-11H2,1H3,(H,18,24)/t13-,14-/m0/s1. The molecule has 3 N–H and O–H groups in total. The highest BCUT2D eigenvalue weighted by Gasteiger charge is 2.30. The lowest BCUT2D eigenvalue weighted by Gasteiger charge is -2.32. The van der Waals surface area contributed by atoms with Gasteiger partial charge in [0.05, 0.1) is 13.2 Å². The van der Waals surface area contributed by atoms with E-state index in [1.54, 1.807) is 0 Å². The summed E-state index contributed by atoms with van der Waals surface area (Å²) < 4.78 is 2.12. The van der Waals surface area contributed by atoms with Crippen LogP contribution in [0.4, 0.5) is 0 Å². The van der Waals surface area contributed by atoms with Gasteiger partial charge in [-0.15, -0.1) is 10.2 Å². The molecule has 134 valence electrons. The normalized spacial score (nSPS) is 24.1. The van der Waals surface area contributed by atoms with Crippen molar-refractivity contribution in [1.82, 2.24) is 25.4 Å². The third-order valence-electron chi connectivity index (χ3n) is 5.25. The first-order valence-corrected chi connectivity index (χ1v) is 9.18. The Morgan fingerprint density at radius 3 is 2.79 bits per heavy atom. The van der Waals surface area contributed by atoms with Crippen LogP contribution >= 0.6 is 0 Å². The van der Waals surface area contributed by atoms with E-state index in [0.717, 1.165) is 24.5 Å². The number of aromatic nitrogens is 3. The van der Waals surface area contributed by atoms with Crippen LogP contribution in [0.15, 0.2) is 0 Å². The number of hydrogen-bond acceptors (Lipinski definition) is 5. The maximum atomic E-state index is 12.0. The highest BCUT2D eigenvalue weighted by molar-refractivity contribution is 5.76. The van der Waals surface area contributed by atoms with Gasteiger partial charge in [-0.1, -0.05) is 12.8 Å². The Hall–Kier alpha value is -1.47. The third kappa shape index (κ3) is 4.33. The number of rotatable bonds is 8. The summed E-state index contributed by atoms with van der Waals surface area (Å²) in [7, 11) is 2.05. The summed E-state index contributed by atoms with van der Waals surface area (Å²) in [5.74, 6) is 3.08. The molecule has 2 fully saturated rings. The molecule has 1 aromatic heterocycles. The zero-order valence-electron chi connectivity index (χ0n) is 14.5. The molecule has 7 nitrogen and oxygen atoms in total. The zero-order valence-corrected chi connectivity index (χ0v) is 14.5. The molecule has 1 amide bonds. The van der Waals surface area contributed by atoms with E-state index in [1.807, 2.05) is 7.05 Å². The number of hydrogen-bond donors (Lipinski definition) is 3. The van der Waals surface area contributed by atoms with E-state index >= 15 is 0 Å². The molecule has 0 radical (unpaired) electrons. The number of nitrogens with one attached hydrogen (secondary N) is 2. The minimum Gasteiger partial charge on any atom is -0.395 e. The van der Waals surface area contributed by atoms with Gasteiger partial charge in [0.1, 0.15) is 11.6 Å². The molecule has 2 saturated carbocycles. The van der Waals surface area contributed by atoms with E-state index in [1.165, 1.54) is 25.7 Å². The largest absolute Gasteiger partial charge is 0.395 e. The summed E-state index contributed by atoms with van der Waals surface area (Å²) in [6.07, 6.45) is 7.57. The van der Waals surface area contributed by atoms with Crippen LogP contribution in [0.2, 0.25) is 0 Å². The minimum absolute atomic E-state index is 0.00638. The summed E-state index contributed by atoms with van der Waals surface area (Å²) in [5.41, 5.74) is 0. The van der Waals surface area contributed by atoms with E-state index in [4.69, 9.17) is 5.11 Å². The molecule has 0 unspecified atom stereocenters. The van der Waals surface area contributed by atoms with Gasteiger partial charge in [-0.05, 0) is 31.6 Å². The summed E-state index contributed by atoms with van der Waals surface area (Å²) in [4.78, 5) is 12.0. The highest BCUT2D eigenvalue weighted by atomic mass is 16.3. The monoisotopic (exact) mass is 335 g/mol. The Bertz CT molecular complexity index is 555. The lowest BCUT2D eigenvalue weighted by atomic mass is 9.82. The molecular formula is C17H29N5O2. The molecular weight excluding hydrogens is 306 g/mol. The fourth-order valence-corrected chi connectivity index (χ4v) is 3.68. The van der Waals surface area contributed by atoms with Crippen molar-refractivity contribution in [3.8, 4) is 0 Å². The number of amides is 1. The topological polar surface area (TPSA) is 92.1 Å². The lowest BCUT2D eigenvalue weighted by Crippen LogP contribution is -2.41. The Morgan fingerprint density at radius 2 is 2.04 bits per heavy atom. The van der Waals surface area contributed by atoms with Crippen molar-refractivity contribution in [3.63, 3.8) is 0 Å². The molecule has 2 aliphatic carbocycles. The Kier molecular flexibility index (Phi) is 5.84. The van der Waals surface area contributed by atoms with Gasteiger partial charge in [0.2, 0.25) is 5.91 Å². The van der Waals surface area contributed by atoms with Crippen LogP contribution in [0, 0.1) is 5.92 Å². The maximum Gasteiger partial charge on any atom is 0.220 e. The molecule has 0 spiro atoms. The van der Waals surface area contributed by atoms with Crippen molar-refractivity contribution in [2.75, 3.05) is 13.2 Å². The second-order valence-electron chi connectivity index (χ2n) is 7.12. The first kappa shape index (κ1) is 17.4. The molecule has 7 heteroatoms. The van der Waals surface area contributed by atoms with Crippen LogP contribution in [0.1, 0.15) is 62.5 Å². The molecule has 0 aliphatic heterocycles. The van der Waals surface area contributed by atoms with E-state index in [0.29, 0.717) is 37.4 Å². The van der Waals surface area contributed by atoms with Crippen LogP contribution < -0.4 is 10.6 Å². The van der Waals surface area contributed by atoms with Gasteiger partial charge in [-0.25, -0.2) is 0 Å². The van der Waals surface area contributed by atoms with Crippen molar-refractivity contribution >= 4 is 5.91 Å². The first-order valence-electron chi connectivity index (χ1n) is 9.18.